The third-order valence-electron chi connectivity index (χ3n) is 4.91. The van der Waals surface area contributed by atoms with Gasteiger partial charge in [-0.2, -0.15) is 0 Å². The summed E-state index contributed by atoms with van der Waals surface area (Å²) in [5, 5.41) is 0.843. The number of hydrogen-bond acceptors (Lipinski definition) is 4. The van der Waals surface area contributed by atoms with Crippen molar-refractivity contribution >= 4 is 22.7 Å². The molecule has 2 amide bonds. The summed E-state index contributed by atoms with van der Waals surface area (Å²) in [6, 6.07) is 9.28. The van der Waals surface area contributed by atoms with E-state index < -0.39 is 0 Å². The van der Waals surface area contributed by atoms with Gasteiger partial charge in [0, 0.05) is 31.7 Å². The van der Waals surface area contributed by atoms with Crippen molar-refractivity contribution in [2.45, 2.75) is 6.04 Å². The predicted octanol–water partition coefficient (Wildman–Crippen LogP) is 1.16. The SMILES string of the molecule is CN1C(=O)[C@H]2COC[C@@H]1CN(C(=O)c1ccnc3ccccc13)C2. The standard InChI is InChI=1S/C18H19N3O3/c1-20-13-9-21(8-12(17(20)22)10-24-11-13)18(23)15-6-7-19-16-5-3-2-4-14(15)16/h2-7,12-13H,8-11H2,1H3/t12-,13+/m1/s1. The zero-order valence-corrected chi connectivity index (χ0v) is 13.5. The number of para-hydroxylation sites is 1. The van der Waals surface area contributed by atoms with Crippen LogP contribution >= 0.6 is 0 Å². The molecule has 2 fully saturated rings. The number of amides is 2. The van der Waals surface area contributed by atoms with Crippen LogP contribution in [0.25, 0.3) is 10.9 Å². The van der Waals surface area contributed by atoms with E-state index in [1.54, 1.807) is 29.1 Å². The van der Waals surface area contributed by atoms with Crippen molar-refractivity contribution in [3.63, 3.8) is 0 Å². The molecule has 2 saturated heterocycles. The molecule has 2 bridgehead atoms. The smallest absolute Gasteiger partial charge is 0.254 e. The Morgan fingerprint density at radius 1 is 1.21 bits per heavy atom. The summed E-state index contributed by atoms with van der Waals surface area (Å²) >= 11 is 0. The van der Waals surface area contributed by atoms with Crippen LogP contribution in [0.3, 0.4) is 0 Å². The normalized spacial score (nSPS) is 24.1. The molecular weight excluding hydrogens is 306 g/mol. The van der Waals surface area contributed by atoms with Crippen LogP contribution in [-0.4, -0.2) is 66.0 Å². The quantitative estimate of drug-likeness (QED) is 0.789. The van der Waals surface area contributed by atoms with Crippen LogP contribution in [0.2, 0.25) is 0 Å². The molecule has 0 spiro atoms. The molecule has 0 N–H and O–H groups in total. The molecular formula is C18H19N3O3. The summed E-state index contributed by atoms with van der Waals surface area (Å²) in [4.78, 5) is 33.4. The van der Waals surface area contributed by atoms with Gasteiger partial charge in [0.05, 0.1) is 36.3 Å². The number of hydrogen-bond donors (Lipinski definition) is 0. The summed E-state index contributed by atoms with van der Waals surface area (Å²) < 4.78 is 5.60. The van der Waals surface area contributed by atoms with E-state index in [0.29, 0.717) is 31.9 Å². The molecule has 0 radical (unpaired) electrons. The third-order valence-corrected chi connectivity index (χ3v) is 4.91. The highest BCUT2D eigenvalue weighted by molar-refractivity contribution is 6.06. The number of ether oxygens (including phenoxy) is 1. The van der Waals surface area contributed by atoms with E-state index in [1.165, 1.54) is 0 Å². The Morgan fingerprint density at radius 2 is 2.04 bits per heavy atom. The van der Waals surface area contributed by atoms with Gasteiger partial charge < -0.3 is 14.5 Å². The van der Waals surface area contributed by atoms with Gasteiger partial charge in [0.25, 0.3) is 5.91 Å². The van der Waals surface area contributed by atoms with E-state index in [-0.39, 0.29) is 23.8 Å². The Hall–Kier alpha value is -2.47. The lowest BCUT2D eigenvalue weighted by Crippen LogP contribution is -2.45. The average molecular weight is 325 g/mol. The number of likely N-dealkylation sites (N-methyl/N-ethyl adjacent to an activating group) is 1. The van der Waals surface area contributed by atoms with E-state index >= 15 is 0 Å². The average Bonchev–Trinajstić information content (AvgIpc) is 2.79. The minimum absolute atomic E-state index is 0.0476. The minimum Gasteiger partial charge on any atom is -0.378 e. The first-order valence-corrected chi connectivity index (χ1v) is 8.12. The lowest BCUT2D eigenvalue weighted by Gasteiger charge is -2.29. The Labute approximate surface area is 140 Å². The van der Waals surface area contributed by atoms with Crippen molar-refractivity contribution in [1.29, 1.82) is 0 Å². The molecule has 3 heterocycles. The van der Waals surface area contributed by atoms with Gasteiger partial charge in [-0.05, 0) is 12.1 Å². The van der Waals surface area contributed by atoms with Crippen LogP contribution in [0.5, 0.6) is 0 Å². The number of aromatic nitrogens is 1. The van der Waals surface area contributed by atoms with E-state index in [9.17, 15) is 9.59 Å². The van der Waals surface area contributed by atoms with E-state index in [4.69, 9.17) is 4.74 Å². The summed E-state index contributed by atoms with van der Waals surface area (Å²) in [6.07, 6.45) is 1.66. The van der Waals surface area contributed by atoms with Gasteiger partial charge in [-0.3, -0.25) is 14.6 Å². The first-order valence-electron chi connectivity index (χ1n) is 8.12. The van der Waals surface area contributed by atoms with E-state index in [2.05, 4.69) is 4.98 Å². The molecule has 4 rings (SSSR count). The molecule has 6 heteroatoms. The largest absolute Gasteiger partial charge is 0.378 e. The van der Waals surface area contributed by atoms with Gasteiger partial charge in [-0.1, -0.05) is 18.2 Å². The number of carbonyl (C=O) groups excluding carboxylic acids is 2. The maximum absolute atomic E-state index is 13.1. The molecule has 1 aromatic carbocycles. The van der Waals surface area contributed by atoms with Crippen LogP contribution < -0.4 is 0 Å². The highest BCUT2D eigenvalue weighted by atomic mass is 16.5. The maximum atomic E-state index is 13.1. The Bertz CT molecular complexity index is 802. The van der Waals surface area contributed by atoms with Crippen molar-refractivity contribution in [3.8, 4) is 0 Å². The van der Waals surface area contributed by atoms with Gasteiger partial charge in [0.15, 0.2) is 0 Å². The third kappa shape index (κ3) is 2.43. The predicted molar refractivity (Wildman–Crippen MR) is 88.5 cm³/mol. The van der Waals surface area contributed by atoms with Gasteiger partial charge in [0.2, 0.25) is 5.91 Å². The van der Waals surface area contributed by atoms with Gasteiger partial charge in [-0.25, -0.2) is 0 Å². The number of rotatable bonds is 1. The van der Waals surface area contributed by atoms with Crippen LogP contribution in [-0.2, 0) is 9.53 Å². The number of pyridine rings is 1. The van der Waals surface area contributed by atoms with Crippen LogP contribution in [0.15, 0.2) is 36.5 Å². The highest BCUT2D eigenvalue weighted by Gasteiger charge is 2.39. The van der Waals surface area contributed by atoms with Gasteiger partial charge in [-0.15, -0.1) is 0 Å². The Kier molecular flexibility index (Phi) is 3.69. The molecule has 0 aliphatic carbocycles. The fourth-order valence-corrected chi connectivity index (χ4v) is 3.52. The Morgan fingerprint density at radius 3 is 2.92 bits per heavy atom. The second-order valence-corrected chi connectivity index (χ2v) is 6.42. The lowest BCUT2D eigenvalue weighted by molar-refractivity contribution is -0.133. The fourth-order valence-electron chi connectivity index (χ4n) is 3.52. The summed E-state index contributed by atoms with van der Waals surface area (Å²) in [6.45, 7) is 1.74. The summed E-state index contributed by atoms with van der Waals surface area (Å²) in [7, 11) is 1.80. The molecule has 0 saturated carbocycles. The van der Waals surface area contributed by atoms with Gasteiger partial charge >= 0.3 is 0 Å². The second kappa shape index (κ2) is 5.87. The van der Waals surface area contributed by atoms with Crippen molar-refractivity contribution in [1.82, 2.24) is 14.8 Å². The second-order valence-electron chi connectivity index (χ2n) is 6.42. The van der Waals surface area contributed by atoms with E-state index in [0.717, 1.165) is 10.9 Å². The molecule has 2 atom stereocenters. The molecule has 24 heavy (non-hydrogen) atoms. The first-order chi connectivity index (χ1) is 11.6. The van der Waals surface area contributed by atoms with Crippen molar-refractivity contribution < 1.29 is 14.3 Å². The zero-order valence-electron chi connectivity index (χ0n) is 13.5. The van der Waals surface area contributed by atoms with Crippen LogP contribution in [0.1, 0.15) is 10.4 Å². The van der Waals surface area contributed by atoms with Crippen molar-refractivity contribution in [3.05, 3.63) is 42.1 Å². The maximum Gasteiger partial charge on any atom is 0.254 e. The number of fused-ring (bicyclic) bond motifs is 4. The summed E-state index contributed by atoms with van der Waals surface area (Å²) in [5.41, 5.74) is 1.44. The molecule has 124 valence electrons. The number of benzene rings is 1. The van der Waals surface area contributed by atoms with Gasteiger partial charge in [0.1, 0.15) is 0 Å². The van der Waals surface area contributed by atoms with Crippen LogP contribution in [0.4, 0.5) is 0 Å². The lowest BCUT2D eigenvalue weighted by atomic mass is 10.1. The molecule has 2 aliphatic rings. The summed E-state index contributed by atoms with van der Waals surface area (Å²) in [5.74, 6) is -0.277. The molecule has 1 aromatic heterocycles. The molecule has 2 aromatic rings. The fraction of sp³-hybridized carbons (Fsp3) is 0.389. The Balaban J connectivity index is 1.70. The van der Waals surface area contributed by atoms with E-state index in [1.807, 2.05) is 24.3 Å². The number of carbonyl (C=O) groups is 2. The molecule has 2 aliphatic heterocycles. The highest BCUT2D eigenvalue weighted by Crippen LogP contribution is 2.23. The topological polar surface area (TPSA) is 62.7 Å². The number of nitrogens with zero attached hydrogens (tertiary/aromatic N) is 3. The monoisotopic (exact) mass is 325 g/mol. The minimum atomic E-state index is -0.292. The van der Waals surface area contributed by atoms with Crippen LogP contribution in [0, 0.1) is 5.92 Å². The van der Waals surface area contributed by atoms with Crippen molar-refractivity contribution in [2.24, 2.45) is 5.92 Å². The zero-order chi connectivity index (χ0) is 16.7. The molecule has 6 nitrogen and oxygen atoms in total. The first kappa shape index (κ1) is 15.1. The van der Waals surface area contributed by atoms with Crippen molar-refractivity contribution in [2.75, 3.05) is 33.4 Å². The molecule has 0 unspecified atom stereocenters.